The van der Waals surface area contributed by atoms with E-state index in [1.54, 1.807) is 4.90 Å². The number of quaternary nitrogens is 2. The maximum Gasteiger partial charge on any atom is 0.185 e. The molecule has 2 fully saturated rings. The Labute approximate surface area is 86.1 Å². The molecule has 3 N–H and O–H groups in total. The van der Waals surface area contributed by atoms with Gasteiger partial charge in [-0.05, 0) is 12.8 Å². The minimum Gasteiger partial charge on any atom is -0.337 e. The number of hydrogen-bond acceptors (Lipinski definition) is 1. The van der Waals surface area contributed by atoms with Crippen molar-refractivity contribution in [1.82, 2.24) is 0 Å². The van der Waals surface area contributed by atoms with Crippen LogP contribution < -0.4 is 10.2 Å². The van der Waals surface area contributed by atoms with Crippen LogP contribution in [0.5, 0.6) is 0 Å². The van der Waals surface area contributed by atoms with Crippen molar-refractivity contribution in [2.75, 3.05) is 26.2 Å². The Morgan fingerprint density at radius 3 is 2.29 bits per heavy atom. The van der Waals surface area contributed by atoms with Crippen molar-refractivity contribution in [2.45, 2.75) is 37.6 Å². The van der Waals surface area contributed by atoms with E-state index in [1.165, 1.54) is 45.4 Å². The summed E-state index contributed by atoms with van der Waals surface area (Å²) in [4.78, 5) is 1.57. The maximum atomic E-state index is 9.41. The highest BCUT2D eigenvalue weighted by Crippen LogP contribution is 2.24. The molecule has 1 aliphatic heterocycles. The number of piperazine rings is 1. The van der Waals surface area contributed by atoms with Crippen molar-refractivity contribution in [3.63, 3.8) is 0 Å². The first-order valence-corrected chi connectivity index (χ1v) is 5.95. The van der Waals surface area contributed by atoms with Crippen molar-refractivity contribution in [2.24, 2.45) is 0 Å². The van der Waals surface area contributed by atoms with Crippen LogP contribution in [0.4, 0.5) is 0 Å². The highest BCUT2D eigenvalue weighted by atomic mass is 15.2. The Morgan fingerprint density at radius 1 is 1.07 bits per heavy atom. The predicted octanol–water partition coefficient (Wildman–Crippen LogP) is -1.33. The molecule has 1 heterocycles. The largest absolute Gasteiger partial charge is 0.337 e. The van der Waals surface area contributed by atoms with Gasteiger partial charge in [0.1, 0.15) is 32.2 Å². The smallest absolute Gasteiger partial charge is 0.185 e. The molecule has 0 aromatic rings. The van der Waals surface area contributed by atoms with Crippen LogP contribution in [0.25, 0.3) is 0 Å². The fraction of sp³-hybridized carbons (Fsp3) is 0.909. The van der Waals surface area contributed by atoms with Gasteiger partial charge in [0.05, 0.1) is 0 Å². The Balaban J connectivity index is 2.06. The monoisotopic (exact) mass is 195 g/mol. The zero-order valence-corrected chi connectivity index (χ0v) is 8.89. The first-order chi connectivity index (χ1) is 6.87. The van der Waals surface area contributed by atoms with Crippen LogP contribution in [-0.4, -0.2) is 31.7 Å². The molecule has 0 unspecified atom stereocenters. The van der Waals surface area contributed by atoms with Gasteiger partial charge in [-0.1, -0.05) is 6.42 Å². The molecule has 14 heavy (non-hydrogen) atoms. The van der Waals surface area contributed by atoms with Gasteiger partial charge in [0.2, 0.25) is 0 Å². The van der Waals surface area contributed by atoms with E-state index in [0.29, 0.717) is 0 Å². The number of nitrogens with zero attached hydrogens (tertiary/aromatic N) is 1. The molecule has 0 aromatic heterocycles. The summed E-state index contributed by atoms with van der Waals surface area (Å²) in [5.41, 5.74) is -0.00743. The van der Waals surface area contributed by atoms with Crippen molar-refractivity contribution in [3.8, 4) is 6.07 Å². The minimum absolute atomic E-state index is 0.00743. The van der Waals surface area contributed by atoms with Crippen LogP contribution in [0.2, 0.25) is 0 Å². The molecular weight excluding hydrogens is 174 g/mol. The molecule has 1 saturated heterocycles. The molecule has 1 aliphatic carbocycles. The molecule has 0 spiro atoms. The average Bonchev–Trinajstić information content (AvgIpc) is 2.31. The van der Waals surface area contributed by atoms with E-state index < -0.39 is 0 Å². The maximum absolute atomic E-state index is 9.41. The second-order valence-corrected chi connectivity index (χ2v) is 4.72. The summed E-state index contributed by atoms with van der Waals surface area (Å²) < 4.78 is 0. The van der Waals surface area contributed by atoms with Gasteiger partial charge >= 0.3 is 0 Å². The van der Waals surface area contributed by atoms with Crippen LogP contribution in [-0.2, 0) is 0 Å². The Hall–Kier alpha value is -0.590. The van der Waals surface area contributed by atoms with Crippen LogP contribution in [0.3, 0.4) is 0 Å². The Morgan fingerprint density at radius 2 is 1.71 bits per heavy atom. The summed E-state index contributed by atoms with van der Waals surface area (Å²) in [7, 11) is 0. The van der Waals surface area contributed by atoms with E-state index in [9.17, 15) is 5.26 Å². The van der Waals surface area contributed by atoms with Crippen molar-refractivity contribution >= 4 is 0 Å². The molecule has 0 bridgehead atoms. The van der Waals surface area contributed by atoms with Crippen molar-refractivity contribution < 1.29 is 10.2 Å². The van der Waals surface area contributed by atoms with Gasteiger partial charge in [0.15, 0.2) is 5.54 Å². The average molecular weight is 195 g/mol. The Kier molecular flexibility index (Phi) is 3.05. The standard InChI is InChI=1S/C11H19N3/c12-10-11(4-2-1-3-5-11)14-8-6-13-7-9-14/h13H,1-9H2/p+2. The first kappa shape index (κ1) is 9.95. The lowest BCUT2D eigenvalue weighted by atomic mass is 9.81. The van der Waals surface area contributed by atoms with Crippen LogP contribution in [0.15, 0.2) is 0 Å². The predicted molar refractivity (Wildman–Crippen MR) is 53.8 cm³/mol. The molecule has 2 aliphatic rings. The quantitative estimate of drug-likeness (QED) is 0.535. The first-order valence-electron chi connectivity index (χ1n) is 5.95. The van der Waals surface area contributed by atoms with Gasteiger partial charge in [-0.3, -0.25) is 0 Å². The van der Waals surface area contributed by atoms with Gasteiger partial charge < -0.3 is 10.2 Å². The number of rotatable bonds is 1. The fourth-order valence-corrected chi connectivity index (χ4v) is 3.00. The zero-order chi connectivity index (χ0) is 9.86. The van der Waals surface area contributed by atoms with Gasteiger partial charge in [0, 0.05) is 12.8 Å². The SMILES string of the molecule is N#CC1([NH+]2CC[NH2+]CC2)CCCCC1. The van der Waals surface area contributed by atoms with E-state index in [1.807, 2.05) is 0 Å². The van der Waals surface area contributed by atoms with Gasteiger partial charge in [-0.2, -0.15) is 5.26 Å². The lowest BCUT2D eigenvalue weighted by molar-refractivity contribution is -0.983. The highest BCUT2D eigenvalue weighted by Gasteiger charge is 2.43. The van der Waals surface area contributed by atoms with E-state index in [4.69, 9.17) is 0 Å². The van der Waals surface area contributed by atoms with Gasteiger partial charge in [-0.25, -0.2) is 0 Å². The van der Waals surface area contributed by atoms with Crippen LogP contribution in [0, 0.1) is 11.3 Å². The van der Waals surface area contributed by atoms with Crippen LogP contribution in [0.1, 0.15) is 32.1 Å². The molecule has 1 saturated carbocycles. The third-order valence-electron chi connectivity index (χ3n) is 3.90. The van der Waals surface area contributed by atoms with Crippen molar-refractivity contribution in [3.05, 3.63) is 0 Å². The second kappa shape index (κ2) is 4.29. The molecule has 2 rings (SSSR count). The molecule has 0 amide bonds. The van der Waals surface area contributed by atoms with Gasteiger partial charge in [-0.15, -0.1) is 0 Å². The summed E-state index contributed by atoms with van der Waals surface area (Å²) in [5, 5.41) is 11.8. The normalized spacial score (nSPS) is 28.2. The summed E-state index contributed by atoms with van der Waals surface area (Å²) in [6.07, 6.45) is 6.14. The fourth-order valence-electron chi connectivity index (χ4n) is 3.00. The molecule has 0 aromatic carbocycles. The number of hydrogen-bond donors (Lipinski definition) is 2. The van der Waals surface area contributed by atoms with Crippen molar-refractivity contribution in [1.29, 1.82) is 5.26 Å². The highest BCUT2D eigenvalue weighted by molar-refractivity contribution is 5.02. The third-order valence-corrected chi connectivity index (χ3v) is 3.90. The summed E-state index contributed by atoms with van der Waals surface area (Å²) in [6, 6.07) is 2.64. The zero-order valence-electron chi connectivity index (χ0n) is 8.89. The second-order valence-electron chi connectivity index (χ2n) is 4.72. The third kappa shape index (κ3) is 1.77. The molecule has 78 valence electrons. The molecule has 3 nitrogen and oxygen atoms in total. The van der Waals surface area contributed by atoms with E-state index in [0.717, 1.165) is 12.8 Å². The molecule has 3 heteroatoms. The van der Waals surface area contributed by atoms with Gasteiger partial charge in [0.25, 0.3) is 0 Å². The summed E-state index contributed by atoms with van der Waals surface area (Å²) in [5.74, 6) is 0. The van der Waals surface area contributed by atoms with Crippen LogP contribution >= 0.6 is 0 Å². The molecule has 0 radical (unpaired) electrons. The summed E-state index contributed by atoms with van der Waals surface area (Å²) >= 11 is 0. The van der Waals surface area contributed by atoms with E-state index in [2.05, 4.69) is 11.4 Å². The van der Waals surface area contributed by atoms with E-state index >= 15 is 0 Å². The lowest BCUT2D eigenvalue weighted by Gasteiger charge is -2.39. The minimum atomic E-state index is -0.00743. The molecular formula is C11H21N3+2. The number of nitriles is 1. The summed E-state index contributed by atoms with van der Waals surface area (Å²) in [6.45, 7) is 4.79. The topological polar surface area (TPSA) is 44.8 Å². The van der Waals surface area contributed by atoms with E-state index in [-0.39, 0.29) is 5.54 Å². The number of nitrogens with one attached hydrogen (secondary N) is 1. The Bertz CT molecular complexity index is 219. The lowest BCUT2D eigenvalue weighted by Crippen LogP contribution is -3.26. The molecule has 0 atom stereocenters. The number of nitrogens with two attached hydrogens (primary N) is 1.